The van der Waals surface area contributed by atoms with E-state index in [1.807, 2.05) is 64.1 Å². The van der Waals surface area contributed by atoms with Crippen LogP contribution in [-0.2, 0) is 19.1 Å². The Labute approximate surface area is 170 Å². The van der Waals surface area contributed by atoms with Crippen molar-refractivity contribution in [2.75, 3.05) is 23.4 Å². The number of hydrogen-bond donors (Lipinski definition) is 1. The van der Waals surface area contributed by atoms with Gasteiger partial charge in [-0.25, -0.2) is 0 Å². The third kappa shape index (κ3) is 4.65. The van der Waals surface area contributed by atoms with Gasteiger partial charge in [0, 0.05) is 24.3 Å². The Morgan fingerprint density at radius 3 is 2.59 bits per heavy atom. The molecule has 1 N–H and O–H groups in total. The molecule has 1 heterocycles. The Morgan fingerprint density at radius 1 is 1.10 bits per heavy atom. The Hall–Kier alpha value is -3.15. The van der Waals surface area contributed by atoms with Gasteiger partial charge in [-0.1, -0.05) is 29.8 Å². The second kappa shape index (κ2) is 8.47. The molecule has 0 saturated carbocycles. The fourth-order valence-corrected chi connectivity index (χ4v) is 3.52. The van der Waals surface area contributed by atoms with Gasteiger partial charge >= 0.3 is 5.97 Å². The number of esters is 1. The lowest BCUT2D eigenvalue weighted by molar-refractivity contribution is -0.151. The van der Waals surface area contributed by atoms with E-state index in [1.54, 1.807) is 4.90 Å². The molecule has 152 valence electrons. The van der Waals surface area contributed by atoms with Crippen LogP contribution in [0.25, 0.3) is 0 Å². The van der Waals surface area contributed by atoms with Gasteiger partial charge in [0.25, 0.3) is 5.91 Å². The predicted octanol–water partition coefficient (Wildman–Crippen LogP) is 3.46. The molecule has 1 aliphatic heterocycles. The number of carbonyl (C=O) groups excluding carboxylic acids is 3. The fourth-order valence-electron chi connectivity index (χ4n) is 3.52. The van der Waals surface area contributed by atoms with Gasteiger partial charge in [-0.15, -0.1) is 0 Å². The summed E-state index contributed by atoms with van der Waals surface area (Å²) >= 11 is 0. The van der Waals surface area contributed by atoms with Crippen LogP contribution in [0.3, 0.4) is 0 Å². The van der Waals surface area contributed by atoms with Gasteiger partial charge in [-0.05, 0) is 56.5 Å². The maximum absolute atomic E-state index is 12.4. The lowest BCUT2D eigenvalue weighted by Crippen LogP contribution is -2.28. The van der Waals surface area contributed by atoms with Crippen molar-refractivity contribution < 1.29 is 19.1 Å². The maximum atomic E-state index is 12.4. The lowest BCUT2D eigenvalue weighted by atomic mass is 10.1. The standard InChI is InChI=1S/C23H26N2O4/c1-14-8-9-19(16(3)10-14)24-21(26)13-29-23(28)18-11-22(27)25(12-18)20-7-5-6-15(2)17(20)4/h5-10,18H,11-13H2,1-4H3,(H,24,26)/t18-/m1/s1. The molecule has 3 rings (SSSR count). The number of nitrogens with one attached hydrogen (secondary N) is 1. The summed E-state index contributed by atoms with van der Waals surface area (Å²) in [4.78, 5) is 38.6. The zero-order valence-corrected chi connectivity index (χ0v) is 17.2. The highest BCUT2D eigenvalue weighted by atomic mass is 16.5. The van der Waals surface area contributed by atoms with Crippen molar-refractivity contribution in [3.8, 4) is 0 Å². The number of nitrogens with zero attached hydrogens (tertiary/aromatic N) is 1. The predicted molar refractivity (Wildman–Crippen MR) is 112 cm³/mol. The Balaban J connectivity index is 1.56. The largest absolute Gasteiger partial charge is 0.455 e. The number of amides is 2. The van der Waals surface area contributed by atoms with Gasteiger partial charge < -0.3 is 15.0 Å². The third-order valence-corrected chi connectivity index (χ3v) is 5.33. The molecule has 1 atom stereocenters. The highest BCUT2D eigenvalue weighted by molar-refractivity contribution is 6.00. The summed E-state index contributed by atoms with van der Waals surface area (Å²) < 4.78 is 5.18. The molecule has 1 aliphatic rings. The second-order valence-corrected chi connectivity index (χ2v) is 7.60. The Kier molecular flexibility index (Phi) is 6.01. The summed E-state index contributed by atoms with van der Waals surface area (Å²) in [6.07, 6.45) is 0.0882. The summed E-state index contributed by atoms with van der Waals surface area (Å²) in [5.74, 6) is -1.61. The van der Waals surface area contributed by atoms with Crippen LogP contribution < -0.4 is 10.2 Å². The topological polar surface area (TPSA) is 75.7 Å². The SMILES string of the molecule is Cc1ccc(NC(=O)COC(=O)[C@@H]2CC(=O)N(c3cccc(C)c3C)C2)c(C)c1. The van der Waals surface area contributed by atoms with Crippen molar-refractivity contribution in [1.82, 2.24) is 0 Å². The summed E-state index contributed by atoms with van der Waals surface area (Å²) in [7, 11) is 0. The monoisotopic (exact) mass is 394 g/mol. The first-order valence-electron chi connectivity index (χ1n) is 9.66. The fraction of sp³-hybridized carbons (Fsp3) is 0.348. The number of benzene rings is 2. The third-order valence-electron chi connectivity index (χ3n) is 5.33. The average molecular weight is 394 g/mol. The summed E-state index contributed by atoms with van der Waals surface area (Å²) in [6, 6.07) is 11.5. The lowest BCUT2D eigenvalue weighted by Gasteiger charge is -2.20. The quantitative estimate of drug-likeness (QED) is 0.788. The van der Waals surface area contributed by atoms with Crippen LogP contribution in [0.5, 0.6) is 0 Å². The minimum Gasteiger partial charge on any atom is -0.455 e. The van der Waals surface area contributed by atoms with Crippen molar-refractivity contribution >= 4 is 29.2 Å². The van der Waals surface area contributed by atoms with E-state index < -0.39 is 17.8 Å². The minimum absolute atomic E-state index is 0.0882. The van der Waals surface area contributed by atoms with Crippen molar-refractivity contribution in [3.63, 3.8) is 0 Å². The van der Waals surface area contributed by atoms with E-state index >= 15 is 0 Å². The van der Waals surface area contributed by atoms with Gasteiger partial charge in [-0.2, -0.15) is 0 Å². The van der Waals surface area contributed by atoms with Crippen LogP contribution in [-0.4, -0.2) is 30.9 Å². The first-order valence-corrected chi connectivity index (χ1v) is 9.66. The Morgan fingerprint density at radius 2 is 1.86 bits per heavy atom. The molecule has 1 saturated heterocycles. The molecule has 29 heavy (non-hydrogen) atoms. The molecular formula is C23H26N2O4. The molecule has 1 fully saturated rings. The first kappa shape index (κ1) is 20.6. The number of ether oxygens (including phenoxy) is 1. The van der Waals surface area contributed by atoms with Gasteiger partial charge in [0.05, 0.1) is 5.92 Å². The van der Waals surface area contributed by atoms with Crippen molar-refractivity contribution in [2.45, 2.75) is 34.1 Å². The molecule has 0 aromatic heterocycles. The number of hydrogen-bond acceptors (Lipinski definition) is 4. The van der Waals surface area contributed by atoms with Crippen LogP contribution in [0, 0.1) is 33.6 Å². The van der Waals surface area contributed by atoms with E-state index in [2.05, 4.69) is 5.32 Å². The van der Waals surface area contributed by atoms with E-state index in [0.717, 1.165) is 27.9 Å². The molecule has 0 aliphatic carbocycles. The summed E-state index contributed by atoms with van der Waals surface area (Å²) in [5.41, 5.74) is 5.65. The normalized spacial score (nSPS) is 16.1. The molecular weight excluding hydrogens is 368 g/mol. The van der Waals surface area contributed by atoms with E-state index in [-0.39, 0.29) is 25.5 Å². The van der Waals surface area contributed by atoms with E-state index in [4.69, 9.17) is 4.74 Å². The molecule has 2 amide bonds. The van der Waals surface area contributed by atoms with E-state index in [9.17, 15) is 14.4 Å². The molecule has 0 spiro atoms. The first-order chi connectivity index (χ1) is 13.8. The molecule has 2 aromatic carbocycles. The highest BCUT2D eigenvalue weighted by Crippen LogP contribution is 2.29. The molecule has 6 heteroatoms. The van der Waals surface area contributed by atoms with E-state index in [0.29, 0.717) is 5.69 Å². The number of carbonyl (C=O) groups is 3. The van der Waals surface area contributed by atoms with Crippen molar-refractivity contribution in [3.05, 3.63) is 58.7 Å². The smallest absolute Gasteiger partial charge is 0.311 e. The van der Waals surface area contributed by atoms with Crippen LogP contribution in [0.1, 0.15) is 28.7 Å². The van der Waals surface area contributed by atoms with Crippen LogP contribution in [0.2, 0.25) is 0 Å². The molecule has 0 radical (unpaired) electrons. The zero-order chi connectivity index (χ0) is 21.1. The van der Waals surface area contributed by atoms with Gasteiger partial charge in [0.1, 0.15) is 0 Å². The van der Waals surface area contributed by atoms with Gasteiger partial charge in [-0.3, -0.25) is 14.4 Å². The summed E-state index contributed by atoms with van der Waals surface area (Å²) in [5, 5.41) is 2.75. The molecule has 0 unspecified atom stereocenters. The van der Waals surface area contributed by atoms with Gasteiger partial charge in [0.15, 0.2) is 6.61 Å². The van der Waals surface area contributed by atoms with Crippen LogP contribution in [0.15, 0.2) is 36.4 Å². The number of anilines is 2. The molecule has 0 bridgehead atoms. The Bertz CT molecular complexity index is 967. The van der Waals surface area contributed by atoms with Gasteiger partial charge in [0.2, 0.25) is 5.91 Å². The van der Waals surface area contributed by atoms with Crippen LogP contribution in [0.4, 0.5) is 11.4 Å². The summed E-state index contributed by atoms with van der Waals surface area (Å²) in [6.45, 7) is 7.72. The average Bonchev–Trinajstić information content (AvgIpc) is 3.06. The molecule has 2 aromatic rings. The van der Waals surface area contributed by atoms with E-state index in [1.165, 1.54) is 0 Å². The molecule has 6 nitrogen and oxygen atoms in total. The number of rotatable bonds is 5. The minimum atomic E-state index is -0.573. The zero-order valence-electron chi connectivity index (χ0n) is 17.2. The maximum Gasteiger partial charge on any atom is 0.311 e. The van der Waals surface area contributed by atoms with Crippen molar-refractivity contribution in [2.24, 2.45) is 5.92 Å². The van der Waals surface area contributed by atoms with Crippen LogP contribution >= 0.6 is 0 Å². The highest BCUT2D eigenvalue weighted by Gasteiger charge is 2.37. The van der Waals surface area contributed by atoms with Crippen molar-refractivity contribution in [1.29, 1.82) is 0 Å². The number of aryl methyl sites for hydroxylation is 3. The second-order valence-electron chi connectivity index (χ2n) is 7.60.